The Morgan fingerprint density at radius 1 is 0.889 bits per heavy atom. The number of hydrogen-bond donors (Lipinski definition) is 3. The van der Waals surface area contributed by atoms with Gasteiger partial charge in [0, 0.05) is 24.7 Å². The molecule has 0 saturated heterocycles. The number of nitrogens with one attached hydrogen (secondary N) is 3. The zero-order valence-electron chi connectivity index (χ0n) is 20.2. The van der Waals surface area contributed by atoms with E-state index in [0.29, 0.717) is 16.9 Å². The van der Waals surface area contributed by atoms with Crippen molar-refractivity contribution in [1.82, 2.24) is 16.0 Å². The zero-order valence-corrected chi connectivity index (χ0v) is 20.2. The van der Waals surface area contributed by atoms with Crippen LogP contribution in [0.4, 0.5) is 13.2 Å². The largest absolute Gasteiger partial charge is 0.451 e. The van der Waals surface area contributed by atoms with Gasteiger partial charge in [0.05, 0.1) is 12.1 Å². The molecule has 0 aliphatic rings. The molecule has 0 radical (unpaired) electrons. The minimum Gasteiger partial charge on any atom is -0.451 e. The summed E-state index contributed by atoms with van der Waals surface area (Å²) in [6.45, 7) is 4.13. The van der Waals surface area contributed by atoms with Crippen LogP contribution in [-0.4, -0.2) is 31.3 Å². The van der Waals surface area contributed by atoms with E-state index < -0.39 is 23.6 Å². The van der Waals surface area contributed by atoms with Gasteiger partial charge in [-0.3, -0.25) is 14.4 Å². The Balaban J connectivity index is 0.00000145. The first-order valence-electron chi connectivity index (χ1n) is 11.2. The number of alkyl halides is 3. The summed E-state index contributed by atoms with van der Waals surface area (Å²) >= 11 is 0. The number of halogens is 3. The van der Waals surface area contributed by atoms with Crippen molar-refractivity contribution in [2.24, 2.45) is 0 Å². The Hall–Kier alpha value is -4.08. The first kappa shape index (κ1) is 28.2. The lowest BCUT2D eigenvalue weighted by atomic mass is 10.1. The molecule has 2 aromatic carbocycles. The lowest BCUT2D eigenvalue weighted by Crippen LogP contribution is -2.34. The Morgan fingerprint density at radius 3 is 2.25 bits per heavy atom. The first-order chi connectivity index (χ1) is 17.1. The predicted octanol–water partition coefficient (Wildman–Crippen LogP) is 4.79. The highest BCUT2D eigenvalue weighted by atomic mass is 19.4. The molecule has 1 heterocycles. The number of likely N-dealkylation sites (N-methyl/N-ethyl adjacent to an activating group) is 1. The van der Waals surface area contributed by atoms with Crippen molar-refractivity contribution in [3.63, 3.8) is 0 Å². The summed E-state index contributed by atoms with van der Waals surface area (Å²) in [6, 6.07) is 14.2. The van der Waals surface area contributed by atoms with Crippen molar-refractivity contribution in [2.75, 3.05) is 13.6 Å². The maximum atomic E-state index is 12.9. The smallest absolute Gasteiger partial charge is 0.416 e. The summed E-state index contributed by atoms with van der Waals surface area (Å²) in [5.41, 5.74) is 0.311. The molecule has 0 saturated carbocycles. The maximum Gasteiger partial charge on any atom is 0.416 e. The standard InChI is InChI=1S/C23H20F3N3O4.C3H8/c1-27-20(30)13-29-22(32)19-9-8-18(33-19)15-5-2-4-14(10-15)12-28-21(31)16-6-3-7-17(11-16)23(24,25)26;1-3-2/h2-11H,12-13H2,1H3,(H,27,30)(H,28,31)(H,29,32);3H2,1-2H3. The van der Waals surface area contributed by atoms with Gasteiger partial charge < -0.3 is 20.4 Å². The van der Waals surface area contributed by atoms with Crippen LogP contribution in [0.3, 0.4) is 0 Å². The molecule has 0 atom stereocenters. The molecule has 7 nitrogen and oxygen atoms in total. The fourth-order valence-corrected chi connectivity index (χ4v) is 2.91. The molecule has 3 rings (SSSR count). The molecule has 0 spiro atoms. The van der Waals surface area contributed by atoms with E-state index in [1.807, 2.05) is 0 Å². The van der Waals surface area contributed by atoms with Crippen LogP contribution >= 0.6 is 0 Å². The lowest BCUT2D eigenvalue weighted by Gasteiger charge is -2.10. The Morgan fingerprint density at radius 2 is 1.58 bits per heavy atom. The van der Waals surface area contributed by atoms with E-state index in [0.717, 1.165) is 12.1 Å². The first-order valence-corrected chi connectivity index (χ1v) is 11.2. The average molecular weight is 504 g/mol. The van der Waals surface area contributed by atoms with Crippen LogP contribution in [0.25, 0.3) is 11.3 Å². The van der Waals surface area contributed by atoms with Crippen LogP contribution in [0.1, 0.15) is 52.3 Å². The van der Waals surface area contributed by atoms with Gasteiger partial charge in [-0.05, 0) is 42.0 Å². The summed E-state index contributed by atoms with van der Waals surface area (Å²) in [5.74, 6) is -1.12. The third-order valence-electron chi connectivity index (χ3n) is 4.63. The van der Waals surface area contributed by atoms with E-state index >= 15 is 0 Å². The minimum atomic E-state index is -4.54. The maximum absolute atomic E-state index is 12.9. The van der Waals surface area contributed by atoms with Crippen LogP contribution in [-0.2, 0) is 17.5 Å². The molecule has 192 valence electrons. The molecule has 0 bridgehead atoms. The number of benzene rings is 2. The molecule has 3 N–H and O–H groups in total. The van der Waals surface area contributed by atoms with Gasteiger partial charge in [0.1, 0.15) is 5.76 Å². The zero-order chi connectivity index (χ0) is 26.7. The van der Waals surface area contributed by atoms with E-state index in [-0.39, 0.29) is 30.3 Å². The summed E-state index contributed by atoms with van der Waals surface area (Å²) in [7, 11) is 1.45. The molecule has 10 heteroatoms. The van der Waals surface area contributed by atoms with Crippen LogP contribution in [0.5, 0.6) is 0 Å². The third kappa shape index (κ3) is 8.30. The van der Waals surface area contributed by atoms with Gasteiger partial charge in [0.2, 0.25) is 5.91 Å². The monoisotopic (exact) mass is 503 g/mol. The number of carbonyl (C=O) groups excluding carboxylic acids is 3. The second kappa shape index (κ2) is 13.1. The number of amides is 3. The van der Waals surface area contributed by atoms with Crippen molar-refractivity contribution in [2.45, 2.75) is 33.0 Å². The van der Waals surface area contributed by atoms with E-state index in [1.165, 1.54) is 31.7 Å². The van der Waals surface area contributed by atoms with Gasteiger partial charge >= 0.3 is 6.18 Å². The second-order valence-corrected chi connectivity index (χ2v) is 7.69. The number of furan rings is 1. The molecular weight excluding hydrogens is 475 g/mol. The van der Waals surface area contributed by atoms with E-state index in [2.05, 4.69) is 29.8 Å². The summed E-state index contributed by atoms with van der Waals surface area (Å²) in [6.07, 6.45) is -3.29. The van der Waals surface area contributed by atoms with Crippen LogP contribution in [0.2, 0.25) is 0 Å². The third-order valence-corrected chi connectivity index (χ3v) is 4.63. The van der Waals surface area contributed by atoms with E-state index in [1.54, 1.807) is 30.3 Å². The fraction of sp³-hybridized carbons (Fsp3) is 0.269. The van der Waals surface area contributed by atoms with E-state index in [4.69, 9.17) is 4.42 Å². The summed E-state index contributed by atoms with van der Waals surface area (Å²) in [5, 5.41) is 7.40. The van der Waals surface area contributed by atoms with Crippen LogP contribution in [0, 0.1) is 0 Å². The Bertz CT molecular complexity index is 1190. The van der Waals surface area contributed by atoms with Crippen molar-refractivity contribution in [3.8, 4) is 11.3 Å². The predicted molar refractivity (Wildman–Crippen MR) is 129 cm³/mol. The van der Waals surface area contributed by atoms with Gasteiger partial charge in [-0.1, -0.05) is 44.5 Å². The topological polar surface area (TPSA) is 100 Å². The summed E-state index contributed by atoms with van der Waals surface area (Å²) < 4.78 is 44.1. The van der Waals surface area contributed by atoms with Crippen LogP contribution in [0.15, 0.2) is 65.1 Å². The quantitative estimate of drug-likeness (QED) is 0.432. The normalized spacial score (nSPS) is 10.6. The lowest BCUT2D eigenvalue weighted by molar-refractivity contribution is -0.137. The van der Waals surface area contributed by atoms with Gasteiger partial charge in [0.15, 0.2) is 5.76 Å². The van der Waals surface area contributed by atoms with Crippen molar-refractivity contribution >= 4 is 17.7 Å². The van der Waals surface area contributed by atoms with Crippen molar-refractivity contribution in [3.05, 3.63) is 83.1 Å². The molecule has 36 heavy (non-hydrogen) atoms. The van der Waals surface area contributed by atoms with E-state index in [9.17, 15) is 27.6 Å². The molecule has 3 aromatic rings. The molecule has 0 fully saturated rings. The highest BCUT2D eigenvalue weighted by Crippen LogP contribution is 2.29. The van der Waals surface area contributed by atoms with Crippen molar-refractivity contribution < 1.29 is 32.0 Å². The van der Waals surface area contributed by atoms with Gasteiger partial charge in [-0.25, -0.2) is 0 Å². The molecule has 3 amide bonds. The Labute approximate surface area is 207 Å². The molecule has 0 aliphatic carbocycles. The van der Waals surface area contributed by atoms with Gasteiger partial charge in [0.25, 0.3) is 11.8 Å². The molecule has 1 aromatic heterocycles. The second-order valence-electron chi connectivity index (χ2n) is 7.69. The van der Waals surface area contributed by atoms with Gasteiger partial charge in [-0.15, -0.1) is 0 Å². The highest BCUT2D eigenvalue weighted by Gasteiger charge is 2.30. The number of rotatable bonds is 7. The van der Waals surface area contributed by atoms with Crippen molar-refractivity contribution in [1.29, 1.82) is 0 Å². The SMILES string of the molecule is CCC.CNC(=O)CNC(=O)c1ccc(-c2cccc(CNC(=O)c3cccc(C(F)(F)F)c3)c2)o1. The fourth-order valence-electron chi connectivity index (χ4n) is 2.91. The van der Waals surface area contributed by atoms with Gasteiger partial charge in [-0.2, -0.15) is 13.2 Å². The number of hydrogen-bond acceptors (Lipinski definition) is 4. The molecular formula is C26H28F3N3O4. The average Bonchev–Trinajstić information content (AvgIpc) is 3.36. The molecule has 0 unspecified atom stereocenters. The summed E-state index contributed by atoms with van der Waals surface area (Å²) in [4.78, 5) is 35.6. The highest BCUT2D eigenvalue weighted by molar-refractivity contribution is 5.95. The minimum absolute atomic E-state index is 0.0251. The Kier molecular flexibility index (Phi) is 10.3. The van der Waals surface area contributed by atoms with Crippen LogP contribution < -0.4 is 16.0 Å². The number of carbonyl (C=O) groups is 3. The molecule has 0 aliphatic heterocycles.